The molecule has 0 aromatic carbocycles. The topological polar surface area (TPSA) is 175 Å². The highest BCUT2D eigenvalue weighted by molar-refractivity contribution is 5.80. The monoisotopic (exact) mass is 1060 g/mol. The molecule has 1 fully saturated rings. The van der Waals surface area contributed by atoms with Crippen LogP contribution in [0, 0.1) is 0 Å². The van der Waals surface area contributed by atoms with Gasteiger partial charge in [-0.05, 0) is 96.3 Å². The zero-order chi connectivity index (χ0) is 55.4. The van der Waals surface area contributed by atoms with Crippen molar-refractivity contribution in [3.8, 4) is 0 Å². The average molecular weight is 1060 g/mol. The summed E-state index contributed by atoms with van der Waals surface area (Å²) in [6.07, 6.45) is 61.0. The first kappa shape index (κ1) is 70.1. The molecular formula is C65H107NO10. The summed E-state index contributed by atoms with van der Waals surface area (Å²) in [5, 5.41) is 56.8. The predicted molar refractivity (Wildman–Crippen MR) is 314 cm³/mol. The van der Waals surface area contributed by atoms with Crippen LogP contribution in [-0.4, -0.2) is 99.6 Å². The summed E-state index contributed by atoms with van der Waals surface area (Å²) in [5.41, 5.74) is 0. The molecule has 8 unspecified atom stereocenters. The van der Waals surface area contributed by atoms with E-state index < -0.39 is 67.4 Å². The lowest BCUT2D eigenvalue weighted by Gasteiger charge is -2.41. The highest BCUT2D eigenvalue weighted by Gasteiger charge is 2.47. The van der Waals surface area contributed by atoms with E-state index in [1.807, 2.05) is 24.3 Å². The SMILES string of the molecule is CC/C=C\C/C=C\C/C=C\C/C=C\C/C=C\C/C=C\CCCCCC(O)C(=O)NC(COC1OC(CO)C(O)C(O)C1OC(=O)CCCCCCC\C=C/C=C/C=C/CC)C(O)/C=C/CCCCCCCCCCCC. The minimum Gasteiger partial charge on any atom is -0.454 e. The molecule has 1 rings (SSSR count). The van der Waals surface area contributed by atoms with Crippen LogP contribution < -0.4 is 5.32 Å². The lowest BCUT2D eigenvalue weighted by molar-refractivity contribution is -0.305. The first-order valence-corrected chi connectivity index (χ1v) is 29.8. The maximum absolute atomic E-state index is 13.4. The maximum atomic E-state index is 13.4. The molecule has 6 N–H and O–H groups in total. The van der Waals surface area contributed by atoms with E-state index in [9.17, 15) is 35.1 Å². The molecular weight excluding hydrogens is 955 g/mol. The maximum Gasteiger partial charge on any atom is 0.306 e. The Kier molecular flexibility index (Phi) is 47.8. The van der Waals surface area contributed by atoms with E-state index in [1.165, 1.54) is 44.9 Å². The quantitative estimate of drug-likeness (QED) is 0.0149. The van der Waals surface area contributed by atoms with Gasteiger partial charge in [-0.2, -0.15) is 0 Å². The van der Waals surface area contributed by atoms with Crippen LogP contribution in [0.1, 0.15) is 213 Å². The Morgan fingerprint density at radius 3 is 1.57 bits per heavy atom. The fourth-order valence-electron chi connectivity index (χ4n) is 8.48. The summed E-state index contributed by atoms with van der Waals surface area (Å²) in [7, 11) is 0. The number of amides is 1. The molecule has 1 aliphatic rings. The van der Waals surface area contributed by atoms with Crippen molar-refractivity contribution in [1.29, 1.82) is 0 Å². The van der Waals surface area contributed by atoms with E-state index in [1.54, 1.807) is 6.08 Å². The molecule has 1 saturated heterocycles. The Morgan fingerprint density at radius 1 is 0.539 bits per heavy atom. The minimum atomic E-state index is -1.63. The number of carbonyl (C=O) groups excluding carboxylic acids is 2. The average Bonchev–Trinajstić information content (AvgIpc) is 3.42. The molecule has 76 heavy (non-hydrogen) atoms. The molecule has 1 aliphatic heterocycles. The molecule has 0 radical (unpaired) electrons. The molecule has 0 aliphatic carbocycles. The third kappa shape index (κ3) is 39.4. The van der Waals surface area contributed by atoms with Crippen molar-refractivity contribution < 1.29 is 49.3 Å². The number of hydrogen-bond donors (Lipinski definition) is 6. The van der Waals surface area contributed by atoms with Gasteiger partial charge in [0, 0.05) is 6.42 Å². The van der Waals surface area contributed by atoms with Crippen molar-refractivity contribution in [3.05, 3.63) is 122 Å². The zero-order valence-corrected chi connectivity index (χ0v) is 47.6. The van der Waals surface area contributed by atoms with Gasteiger partial charge in [0.2, 0.25) is 5.91 Å². The van der Waals surface area contributed by atoms with Gasteiger partial charge >= 0.3 is 5.97 Å². The molecule has 8 atom stereocenters. The second-order valence-electron chi connectivity index (χ2n) is 20.0. The minimum absolute atomic E-state index is 0.0904. The van der Waals surface area contributed by atoms with Crippen LogP contribution >= 0.6 is 0 Å². The van der Waals surface area contributed by atoms with Crippen LogP contribution in [0.25, 0.3) is 0 Å². The molecule has 0 spiro atoms. The number of allylic oxidation sites excluding steroid dienone is 19. The van der Waals surface area contributed by atoms with Crippen molar-refractivity contribution >= 4 is 11.9 Å². The highest BCUT2D eigenvalue weighted by atomic mass is 16.7. The smallest absolute Gasteiger partial charge is 0.306 e. The first-order valence-electron chi connectivity index (χ1n) is 29.8. The molecule has 11 heteroatoms. The number of aliphatic hydroxyl groups is 5. The summed E-state index contributed by atoms with van der Waals surface area (Å²) in [5.74, 6) is -1.25. The van der Waals surface area contributed by atoms with Gasteiger partial charge in [-0.3, -0.25) is 9.59 Å². The van der Waals surface area contributed by atoms with Crippen molar-refractivity contribution in [2.24, 2.45) is 0 Å². The van der Waals surface area contributed by atoms with Crippen LogP contribution in [-0.2, 0) is 23.8 Å². The van der Waals surface area contributed by atoms with E-state index in [2.05, 4.69) is 117 Å². The van der Waals surface area contributed by atoms with E-state index >= 15 is 0 Å². The van der Waals surface area contributed by atoms with Crippen LogP contribution in [0.15, 0.2) is 122 Å². The normalized spacial score (nSPS) is 20.0. The largest absolute Gasteiger partial charge is 0.454 e. The number of aliphatic hydroxyl groups excluding tert-OH is 5. The Bertz CT molecular complexity index is 1690. The number of esters is 1. The standard InChI is InChI=1S/C65H107NO10/c1-4-7-10-13-16-19-22-25-26-27-28-29-30-31-32-33-35-37-40-43-46-49-52-58(69)64(73)66-56(57(68)51-48-45-42-39-36-24-21-18-15-12-9-6-3)55-74-65-63(62(72)61(71)59(54-67)75-65)76-60(70)53-50-47-44-41-38-34-23-20-17-14-11-8-5-2/h7-8,10-11,14,16-17,19-20,23,25-26,28-29,31-32,35,37,48,51,56-59,61-63,65,67-69,71-72H,4-6,9,12-13,15,18,21-22,24,27,30,33-34,36,38-47,49-50,52-55H2,1-3H3,(H,66,73)/b10-7-,11-8+,17-14+,19-16-,23-20-,26-25-,29-28-,32-31-,37-35-,51-48+. The molecule has 0 saturated carbocycles. The summed E-state index contributed by atoms with van der Waals surface area (Å²) in [4.78, 5) is 26.5. The van der Waals surface area contributed by atoms with E-state index in [0.29, 0.717) is 12.8 Å². The Hall–Kier alpha value is -3.94. The van der Waals surface area contributed by atoms with Gasteiger partial charge in [-0.25, -0.2) is 0 Å². The molecule has 0 aromatic rings. The van der Waals surface area contributed by atoms with E-state index in [4.69, 9.17) is 14.2 Å². The van der Waals surface area contributed by atoms with E-state index in [0.717, 1.165) is 122 Å². The van der Waals surface area contributed by atoms with Crippen molar-refractivity contribution in [2.75, 3.05) is 13.2 Å². The van der Waals surface area contributed by atoms with Gasteiger partial charge in [-0.15, -0.1) is 0 Å². The number of unbranched alkanes of at least 4 members (excludes halogenated alkanes) is 18. The lowest BCUT2D eigenvalue weighted by atomic mass is 9.99. The summed E-state index contributed by atoms with van der Waals surface area (Å²) in [6, 6.07) is -1.05. The summed E-state index contributed by atoms with van der Waals surface area (Å²) in [6.45, 7) is 5.48. The van der Waals surface area contributed by atoms with Gasteiger partial charge in [0.25, 0.3) is 0 Å². The van der Waals surface area contributed by atoms with Crippen LogP contribution in [0.3, 0.4) is 0 Å². The van der Waals surface area contributed by atoms with E-state index in [-0.39, 0.29) is 19.4 Å². The Labute approximate surface area is 461 Å². The molecule has 11 nitrogen and oxygen atoms in total. The molecule has 0 aromatic heterocycles. The summed E-state index contributed by atoms with van der Waals surface area (Å²) >= 11 is 0. The van der Waals surface area contributed by atoms with Crippen LogP contribution in [0.5, 0.6) is 0 Å². The van der Waals surface area contributed by atoms with Crippen LogP contribution in [0.4, 0.5) is 0 Å². The van der Waals surface area contributed by atoms with Crippen molar-refractivity contribution in [3.63, 3.8) is 0 Å². The fraction of sp³-hybridized carbons (Fsp3) is 0.662. The lowest BCUT2D eigenvalue weighted by Crippen LogP contribution is -2.61. The number of ether oxygens (including phenoxy) is 3. The second kappa shape index (κ2) is 51.8. The number of nitrogens with one attached hydrogen (secondary N) is 1. The van der Waals surface area contributed by atoms with Crippen molar-refractivity contribution in [1.82, 2.24) is 5.32 Å². The molecule has 1 heterocycles. The zero-order valence-electron chi connectivity index (χ0n) is 47.6. The molecule has 432 valence electrons. The number of rotatable bonds is 48. The molecule has 1 amide bonds. The third-order valence-corrected chi connectivity index (χ3v) is 13.2. The van der Waals surface area contributed by atoms with Crippen LogP contribution in [0.2, 0.25) is 0 Å². The summed E-state index contributed by atoms with van der Waals surface area (Å²) < 4.78 is 17.5. The number of hydrogen-bond acceptors (Lipinski definition) is 10. The fourth-order valence-corrected chi connectivity index (χ4v) is 8.48. The first-order chi connectivity index (χ1) is 37.2. The predicted octanol–water partition coefficient (Wildman–Crippen LogP) is 13.9. The van der Waals surface area contributed by atoms with Gasteiger partial charge in [0.1, 0.15) is 24.4 Å². The van der Waals surface area contributed by atoms with Gasteiger partial charge in [0.15, 0.2) is 12.4 Å². The molecule has 0 bridgehead atoms. The number of carbonyl (C=O) groups is 2. The highest BCUT2D eigenvalue weighted by Crippen LogP contribution is 2.26. The van der Waals surface area contributed by atoms with Crippen molar-refractivity contribution in [2.45, 2.75) is 262 Å². The van der Waals surface area contributed by atoms with Gasteiger partial charge < -0.3 is 45.1 Å². The van der Waals surface area contributed by atoms with Gasteiger partial charge in [0.05, 0.1) is 25.4 Å². The third-order valence-electron chi connectivity index (χ3n) is 13.2. The second-order valence-corrected chi connectivity index (χ2v) is 20.0. The Balaban J connectivity index is 2.73. The van der Waals surface area contributed by atoms with Gasteiger partial charge in [-0.1, -0.05) is 232 Å². The Morgan fingerprint density at radius 2 is 1.01 bits per heavy atom.